The maximum atomic E-state index is 12.9. The normalized spacial score (nSPS) is 12.3. The highest BCUT2D eigenvalue weighted by molar-refractivity contribution is 5.97. The van der Waals surface area contributed by atoms with Gasteiger partial charge in [0.05, 0.1) is 24.6 Å². The smallest absolute Gasteiger partial charge is 0.253 e. The van der Waals surface area contributed by atoms with Crippen LogP contribution in [0.25, 0.3) is 10.9 Å². The first kappa shape index (κ1) is 16.9. The molecule has 3 aromatic rings. The van der Waals surface area contributed by atoms with Crippen molar-refractivity contribution in [2.75, 3.05) is 12.3 Å². The van der Waals surface area contributed by atoms with Crippen LogP contribution < -0.4 is 10.5 Å². The molecule has 0 bridgehead atoms. The summed E-state index contributed by atoms with van der Waals surface area (Å²) in [5, 5.41) is 14.0. The van der Waals surface area contributed by atoms with Crippen LogP contribution in [0.15, 0.2) is 42.5 Å². The Labute approximate surface area is 143 Å². The number of carbonyl (C=O) groups is 1. The van der Waals surface area contributed by atoms with E-state index in [0.717, 1.165) is 0 Å². The lowest BCUT2D eigenvalue weighted by atomic mass is 10.1. The summed E-state index contributed by atoms with van der Waals surface area (Å²) in [4.78, 5) is 12.7. The van der Waals surface area contributed by atoms with Crippen molar-refractivity contribution in [3.8, 4) is 5.75 Å². The second-order valence-electron chi connectivity index (χ2n) is 5.81. The number of rotatable bonds is 5. The maximum Gasteiger partial charge on any atom is 0.253 e. The lowest BCUT2D eigenvalue weighted by molar-refractivity contribution is 0.0791. The molecule has 0 unspecified atom stereocenters. The second kappa shape index (κ2) is 6.90. The van der Waals surface area contributed by atoms with Crippen molar-refractivity contribution < 1.29 is 19.0 Å². The number of hydrogen-bond acceptors (Lipinski definition) is 5. The van der Waals surface area contributed by atoms with Crippen LogP contribution in [-0.4, -0.2) is 27.4 Å². The van der Waals surface area contributed by atoms with Crippen LogP contribution in [0.5, 0.6) is 5.75 Å². The van der Waals surface area contributed by atoms with Crippen molar-refractivity contribution >= 4 is 22.6 Å². The molecule has 0 aliphatic carbocycles. The molecule has 1 atom stereocenters. The van der Waals surface area contributed by atoms with E-state index in [1.165, 1.54) is 28.9 Å². The Morgan fingerprint density at radius 3 is 2.72 bits per heavy atom. The van der Waals surface area contributed by atoms with Crippen molar-refractivity contribution in [1.82, 2.24) is 9.78 Å². The van der Waals surface area contributed by atoms with Crippen molar-refractivity contribution in [3.05, 3.63) is 53.8 Å². The van der Waals surface area contributed by atoms with Gasteiger partial charge in [0.15, 0.2) is 5.82 Å². The molecule has 0 saturated heterocycles. The monoisotopic (exact) mass is 343 g/mol. The number of nitrogens with zero attached hydrogens (tertiary/aromatic N) is 2. The van der Waals surface area contributed by atoms with E-state index in [0.29, 0.717) is 22.2 Å². The zero-order valence-electron chi connectivity index (χ0n) is 13.6. The number of hydrogen-bond donors (Lipinski definition) is 2. The van der Waals surface area contributed by atoms with E-state index >= 15 is 0 Å². The Bertz CT molecular complexity index is 906. The summed E-state index contributed by atoms with van der Waals surface area (Å²) >= 11 is 0. The molecule has 0 amide bonds. The number of halogens is 1. The molecule has 0 spiro atoms. The minimum Gasteiger partial charge on any atom is -0.493 e. The Hall–Kier alpha value is -2.93. The summed E-state index contributed by atoms with van der Waals surface area (Å²) in [6.45, 7) is 1.69. The molecule has 6 nitrogen and oxygen atoms in total. The molecule has 3 N–H and O–H groups in total. The second-order valence-corrected chi connectivity index (χ2v) is 5.81. The maximum absolute atomic E-state index is 12.9. The third-order valence-electron chi connectivity index (χ3n) is 3.90. The fraction of sp³-hybridized carbons (Fsp3) is 0.222. The average molecular weight is 343 g/mol. The van der Waals surface area contributed by atoms with E-state index in [4.69, 9.17) is 10.5 Å². The minimum atomic E-state index is -0.495. The van der Waals surface area contributed by atoms with Gasteiger partial charge in [-0.3, -0.25) is 4.79 Å². The van der Waals surface area contributed by atoms with Gasteiger partial charge in [0.2, 0.25) is 0 Å². The van der Waals surface area contributed by atoms with Crippen molar-refractivity contribution in [2.24, 2.45) is 5.92 Å². The molecule has 7 heteroatoms. The summed E-state index contributed by atoms with van der Waals surface area (Å²) < 4.78 is 19.7. The van der Waals surface area contributed by atoms with E-state index in [1.807, 2.05) is 0 Å². The van der Waals surface area contributed by atoms with Gasteiger partial charge in [0.25, 0.3) is 5.91 Å². The first-order chi connectivity index (χ1) is 12.0. The van der Waals surface area contributed by atoms with Crippen molar-refractivity contribution in [3.63, 3.8) is 0 Å². The van der Waals surface area contributed by atoms with E-state index in [9.17, 15) is 14.3 Å². The van der Waals surface area contributed by atoms with Crippen LogP contribution in [0, 0.1) is 11.7 Å². The molecular weight excluding hydrogens is 325 g/mol. The number of fused-ring (bicyclic) bond motifs is 1. The average Bonchev–Trinajstić information content (AvgIpc) is 2.96. The Morgan fingerprint density at radius 2 is 2.04 bits per heavy atom. The molecule has 1 aromatic heterocycles. The van der Waals surface area contributed by atoms with Crippen LogP contribution >= 0.6 is 0 Å². The van der Waals surface area contributed by atoms with Gasteiger partial charge in [-0.15, -0.1) is 5.10 Å². The lowest BCUT2D eigenvalue weighted by Crippen LogP contribution is -2.25. The van der Waals surface area contributed by atoms with Crippen molar-refractivity contribution in [2.45, 2.75) is 13.5 Å². The number of nitrogen functional groups attached to an aromatic ring is 1. The highest BCUT2D eigenvalue weighted by Gasteiger charge is 2.21. The van der Waals surface area contributed by atoms with E-state index in [1.54, 1.807) is 25.1 Å². The summed E-state index contributed by atoms with van der Waals surface area (Å²) in [6, 6.07) is 10.7. The standard InChI is InChI=1S/C18H18FN3O3/c1-11(10-25-14-5-3-13(19)4-6-14)18(24)22-16-8-12(9-23)2-7-15(16)17(20)21-22/h2-8,11,23H,9-10H2,1H3,(H2,20,21)/t11-/m0/s1. The minimum absolute atomic E-state index is 0.116. The van der Waals surface area contributed by atoms with Gasteiger partial charge in [-0.1, -0.05) is 13.0 Å². The zero-order chi connectivity index (χ0) is 18.0. The molecule has 0 aliphatic rings. The zero-order valence-corrected chi connectivity index (χ0v) is 13.6. The third-order valence-corrected chi connectivity index (χ3v) is 3.90. The lowest BCUT2D eigenvalue weighted by Gasteiger charge is -2.13. The fourth-order valence-corrected chi connectivity index (χ4v) is 2.48. The number of aliphatic hydroxyl groups excluding tert-OH is 1. The van der Waals surface area contributed by atoms with Gasteiger partial charge in [-0.05, 0) is 42.0 Å². The molecular formula is C18H18FN3O3. The number of aromatic nitrogens is 2. The largest absolute Gasteiger partial charge is 0.493 e. The molecule has 0 radical (unpaired) electrons. The van der Waals surface area contributed by atoms with Gasteiger partial charge >= 0.3 is 0 Å². The highest BCUT2D eigenvalue weighted by Crippen LogP contribution is 2.23. The van der Waals surface area contributed by atoms with Crippen LogP contribution in [0.2, 0.25) is 0 Å². The fourth-order valence-electron chi connectivity index (χ4n) is 2.48. The molecule has 0 aliphatic heterocycles. The van der Waals surface area contributed by atoms with Gasteiger partial charge in [-0.2, -0.15) is 4.68 Å². The Kier molecular flexibility index (Phi) is 4.67. The predicted octanol–water partition coefficient (Wildman–Crippen LogP) is 2.61. The van der Waals surface area contributed by atoms with Crippen LogP contribution in [0.1, 0.15) is 17.3 Å². The van der Waals surface area contributed by atoms with Crippen LogP contribution in [-0.2, 0) is 6.61 Å². The number of aliphatic hydroxyl groups is 1. The molecule has 130 valence electrons. The van der Waals surface area contributed by atoms with Gasteiger partial charge < -0.3 is 15.6 Å². The molecule has 0 saturated carbocycles. The van der Waals surface area contributed by atoms with Crippen LogP contribution in [0.4, 0.5) is 10.2 Å². The molecule has 25 heavy (non-hydrogen) atoms. The molecule has 3 rings (SSSR count). The van der Waals surface area contributed by atoms with Crippen LogP contribution in [0.3, 0.4) is 0 Å². The van der Waals surface area contributed by atoms with Crippen molar-refractivity contribution in [1.29, 1.82) is 0 Å². The Morgan fingerprint density at radius 1 is 1.32 bits per heavy atom. The Balaban J connectivity index is 1.79. The summed E-state index contributed by atoms with van der Waals surface area (Å²) in [6.07, 6.45) is 0. The number of carbonyl (C=O) groups excluding carboxylic acids is 1. The number of nitrogens with two attached hydrogens (primary N) is 1. The molecule has 1 heterocycles. The van der Waals surface area contributed by atoms with Gasteiger partial charge in [0.1, 0.15) is 11.6 Å². The SMILES string of the molecule is C[C@@H](COc1ccc(F)cc1)C(=O)n1nc(N)c2ccc(CO)cc21. The number of ether oxygens (including phenoxy) is 1. The predicted molar refractivity (Wildman–Crippen MR) is 91.8 cm³/mol. The molecule has 0 fully saturated rings. The van der Waals surface area contributed by atoms with Gasteiger partial charge in [0, 0.05) is 5.39 Å². The summed E-state index contributed by atoms with van der Waals surface area (Å²) in [5.74, 6) is -0.396. The first-order valence-corrected chi connectivity index (χ1v) is 7.80. The summed E-state index contributed by atoms with van der Waals surface area (Å²) in [7, 11) is 0. The number of anilines is 1. The van der Waals surface area contributed by atoms with Gasteiger partial charge in [-0.25, -0.2) is 4.39 Å². The quantitative estimate of drug-likeness (QED) is 0.743. The number of benzene rings is 2. The molecule has 2 aromatic carbocycles. The summed E-state index contributed by atoms with van der Waals surface area (Å²) in [5.41, 5.74) is 7.08. The third kappa shape index (κ3) is 3.46. The highest BCUT2D eigenvalue weighted by atomic mass is 19.1. The van der Waals surface area contributed by atoms with E-state index in [-0.39, 0.29) is 30.8 Å². The van der Waals surface area contributed by atoms with E-state index in [2.05, 4.69) is 5.10 Å². The van der Waals surface area contributed by atoms with E-state index < -0.39 is 5.92 Å². The topological polar surface area (TPSA) is 90.4 Å². The first-order valence-electron chi connectivity index (χ1n) is 7.80.